The van der Waals surface area contributed by atoms with Gasteiger partial charge in [0.15, 0.2) is 0 Å². The molecule has 120 valence electrons. The van der Waals surface area contributed by atoms with Crippen molar-refractivity contribution in [3.8, 4) is 17.0 Å². The van der Waals surface area contributed by atoms with Crippen LogP contribution in [0.1, 0.15) is 25.3 Å². The first-order valence-corrected chi connectivity index (χ1v) is 7.17. The molecule has 0 aliphatic rings. The van der Waals surface area contributed by atoms with Crippen molar-refractivity contribution in [3.63, 3.8) is 0 Å². The number of benzene rings is 1. The van der Waals surface area contributed by atoms with Crippen LogP contribution in [0.2, 0.25) is 0 Å². The summed E-state index contributed by atoms with van der Waals surface area (Å²) in [6.07, 6.45) is -0.920. The number of halogens is 3. The minimum absolute atomic E-state index is 0.243. The molecule has 0 unspecified atom stereocenters. The highest BCUT2D eigenvalue weighted by atomic mass is 19.4. The van der Waals surface area contributed by atoms with Crippen molar-refractivity contribution in [2.75, 3.05) is 0 Å². The number of hydrogen-bond donors (Lipinski definition) is 0. The van der Waals surface area contributed by atoms with E-state index >= 15 is 0 Å². The summed E-state index contributed by atoms with van der Waals surface area (Å²) < 4.78 is 42.4. The first kappa shape index (κ1) is 15.4. The normalized spacial score (nSPS) is 12.1. The summed E-state index contributed by atoms with van der Waals surface area (Å²) in [5.74, 6) is 0.0874. The van der Waals surface area contributed by atoms with E-state index in [9.17, 15) is 13.2 Å². The second kappa shape index (κ2) is 5.61. The fourth-order valence-corrected chi connectivity index (χ4v) is 2.45. The van der Waals surface area contributed by atoms with E-state index in [4.69, 9.17) is 0 Å². The topological polar surface area (TPSA) is 26.5 Å². The number of rotatable bonds is 3. The lowest BCUT2D eigenvalue weighted by Gasteiger charge is -2.08. The Labute approximate surface area is 131 Å². The summed E-state index contributed by atoms with van der Waals surface area (Å²) in [7, 11) is 0. The van der Waals surface area contributed by atoms with Gasteiger partial charge >= 0.3 is 6.36 Å². The average Bonchev–Trinajstić information content (AvgIpc) is 2.89. The maximum absolute atomic E-state index is 12.2. The van der Waals surface area contributed by atoms with Gasteiger partial charge in [0.2, 0.25) is 0 Å². The van der Waals surface area contributed by atoms with Crippen LogP contribution in [-0.4, -0.2) is 15.7 Å². The van der Waals surface area contributed by atoms with Gasteiger partial charge in [0.05, 0.1) is 5.69 Å². The van der Waals surface area contributed by atoms with Crippen LogP contribution in [0.5, 0.6) is 5.75 Å². The van der Waals surface area contributed by atoms with Gasteiger partial charge < -0.3 is 9.14 Å². The summed E-state index contributed by atoms with van der Waals surface area (Å²) in [6.45, 7) is 4.18. The highest BCUT2D eigenvalue weighted by Gasteiger charge is 2.31. The number of hydrogen-bond acceptors (Lipinski definition) is 2. The fourth-order valence-electron chi connectivity index (χ4n) is 2.45. The van der Waals surface area contributed by atoms with E-state index in [1.165, 1.54) is 12.1 Å². The molecule has 0 aliphatic carbocycles. The van der Waals surface area contributed by atoms with Gasteiger partial charge in [-0.25, -0.2) is 4.98 Å². The largest absolute Gasteiger partial charge is 0.573 e. The summed E-state index contributed by atoms with van der Waals surface area (Å²) >= 11 is 0. The predicted octanol–water partition coefficient (Wildman–Crippen LogP) is 5.02. The van der Waals surface area contributed by atoms with Crippen molar-refractivity contribution < 1.29 is 17.9 Å². The van der Waals surface area contributed by atoms with Crippen LogP contribution in [0.15, 0.2) is 48.8 Å². The van der Waals surface area contributed by atoms with Gasteiger partial charge in [-0.1, -0.05) is 19.9 Å². The smallest absolute Gasteiger partial charge is 0.406 e. The third kappa shape index (κ3) is 3.31. The highest BCUT2D eigenvalue weighted by molar-refractivity contribution is 5.65. The summed E-state index contributed by atoms with van der Waals surface area (Å²) in [5.41, 5.74) is 3.42. The second-order valence-electron chi connectivity index (χ2n) is 5.55. The molecule has 23 heavy (non-hydrogen) atoms. The number of alkyl halides is 3. The van der Waals surface area contributed by atoms with Crippen molar-refractivity contribution >= 4 is 5.65 Å². The number of pyridine rings is 1. The van der Waals surface area contributed by atoms with Crippen molar-refractivity contribution in [1.82, 2.24) is 9.38 Å². The van der Waals surface area contributed by atoms with Gasteiger partial charge in [0.1, 0.15) is 11.4 Å². The molecular weight excluding hydrogens is 305 g/mol. The molecule has 2 aromatic heterocycles. The van der Waals surface area contributed by atoms with Gasteiger partial charge in [0, 0.05) is 18.0 Å². The molecule has 6 heteroatoms. The zero-order valence-electron chi connectivity index (χ0n) is 12.6. The SMILES string of the molecule is CC(C)c1cccn2cc(-c3ccc(OC(F)(F)F)cc3)nc12. The Bertz CT molecular complexity index is 820. The molecule has 0 fully saturated rings. The molecule has 0 spiro atoms. The Hall–Kier alpha value is -2.50. The second-order valence-corrected chi connectivity index (χ2v) is 5.55. The van der Waals surface area contributed by atoms with Gasteiger partial charge in [0.25, 0.3) is 0 Å². The Kier molecular flexibility index (Phi) is 3.75. The summed E-state index contributed by atoms with van der Waals surface area (Å²) in [5, 5.41) is 0. The van der Waals surface area contributed by atoms with Crippen LogP contribution in [0.4, 0.5) is 13.2 Å². The van der Waals surface area contributed by atoms with Crippen LogP contribution < -0.4 is 4.74 Å². The predicted molar refractivity (Wildman–Crippen MR) is 81.4 cm³/mol. The molecule has 0 radical (unpaired) electrons. The van der Waals surface area contributed by atoms with Crippen molar-refractivity contribution in [3.05, 3.63) is 54.4 Å². The molecule has 3 aromatic rings. The van der Waals surface area contributed by atoms with Crippen LogP contribution in [0.25, 0.3) is 16.9 Å². The van der Waals surface area contributed by atoms with Crippen LogP contribution in [0, 0.1) is 0 Å². The van der Waals surface area contributed by atoms with E-state index in [0.29, 0.717) is 11.6 Å². The lowest BCUT2D eigenvalue weighted by Crippen LogP contribution is -2.16. The standard InChI is InChI=1S/C17H15F3N2O/c1-11(2)14-4-3-9-22-10-15(21-16(14)22)12-5-7-13(8-6-12)23-17(18,19)20/h3-11H,1-2H3. The molecule has 3 nitrogen and oxygen atoms in total. The minimum Gasteiger partial charge on any atom is -0.406 e. The molecule has 0 atom stereocenters. The van der Waals surface area contributed by atoms with Gasteiger partial charge in [-0.2, -0.15) is 0 Å². The lowest BCUT2D eigenvalue weighted by atomic mass is 10.1. The number of imidazole rings is 1. The Morgan fingerprint density at radius 2 is 1.78 bits per heavy atom. The van der Waals surface area contributed by atoms with E-state index in [2.05, 4.69) is 23.6 Å². The zero-order valence-corrected chi connectivity index (χ0v) is 12.6. The molecule has 1 aromatic carbocycles. The minimum atomic E-state index is -4.68. The monoisotopic (exact) mass is 320 g/mol. The molecule has 3 rings (SSSR count). The Balaban J connectivity index is 1.96. The Morgan fingerprint density at radius 3 is 2.39 bits per heavy atom. The maximum atomic E-state index is 12.2. The fraction of sp³-hybridized carbons (Fsp3) is 0.235. The van der Waals surface area contributed by atoms with Crippen LogP contribution in [0.3, 0.4) is 0 Å². The quantitative estimate of drug-likeness (QED) is 0.677. The molecule has 0 N–H and O–H groups in total. The van der Waals surface area contributed by atoms with E-state index in [-0.39, 0.29) is 5.75 Å². The van der Waals surface area contributed by atoms with Crippen molar-refractivity contribution in [2.45, 2.75) is 26.1 Å². The van der Waals surface area contributed by atoms with Crippen molar-refractivity contribution in [2.24, 2.45) is 0 Å². The summed E-state index contributed by atoms with van der Waals surface area (Å²) in [6, 6.07) is 9.69. The molecule has 0 bridgehead atoms. The number of ether oxygens (including phenoxy) is 1. The summed E-state index contributed by atoms with van der Waals surface area (Å²) in [4.78, 5) is 4.61. The maximum Gasteiger partial charge on any atom is 0.573 e. The number of aromatic nitrogens is 2. The third-order valence-corrected chi connectivity index (χ3v) is 3.52. The average molecular weight is 320 g/mol. The lowest BCUT2D eigenvalue weighted by molar-refractivity contribution is -0.274. The van der Waals surface area contributed by atoms with Crippen molar-refractivity contribution in [1.29, 1.82) is 0 Å². The Morgan fingerprint density at radius 1 is 1.09 bits per heavy atom. The first-order valence-electron chi connectivity index (χ1n) is 7.17. The number of fused-ring (bicyclic) bond motifs is 1. The van der Waals surface area contributed by atoms with E-state index in [0.717, 1.165) is 16.8 Å². The third-order valence-electron chi connectivity index (χ3n) is 3.52. The zero-order chi connectivity index (χ0) is 16.6. The van der Waals surface area contributed by atoms with E-state index in [1.54, 1.807) is 12.1 Å². The molecule has 0 aliphatic heterocycles. The van der Waals surface area contributed by atoms with Crippen LogP contribution in [-0.2, 0) is 0 Å². The van der Waals surface area contributed by atoms with Gasteiger partial charge in [-0.3, -0.25) is 0 Å². The van der Waals surface area contributed by atoms with Gasteiger partial charge in [-0.05, 0) is 41.8 Å². The van der Waals surface area contributed by atoms with Crippen LogP contribution >= 0.6 is 0 Å². The van der Waals surface area contributed by atoms with Gasteiger partial charge in [-0.15, -0.1) is 13.2 Å². The molecule has 0 saturated carbocycles. The van der Waals surface area contributed by atoms with E-state index < -0.39 is 6.36 Å². The molecular formula is C17H15F3N2O. The highest BCUT2D eigenvalue weighted by Crippen LogP contribution is 2.28. The number of nitrogens with zero attached hydrogens (tertiary/aromatic N) is 2. The van der Waals surface area contributed by atoms with E-state index in [1.807, 2.05) is 28.9 Å². The molecule has 0 saturated heterocycles. The first-order chi connectivity index (χ1) is 10.8. The molecule has 0 amide bonds. The molecule has 2 heterocycles.